The van der Waals surface area contributed by atoms with E-state index < -0.39 is 0 Å². The standard InChI is InChI=1S/C19H17N7O2/c1-26-16(11-13-5-3-2-4-6-13)15(12-21-26)18(27)23-24-19-22-17(25-28-19)14-7-9-20-10-8-14/h2-10,12H,11H2,1H3,(H,23,27)(H,22,24,25). The Morgan fingerprint density at radius 2 is 1.93 bits per heavy atom. The number of rotatable bonds is 6. The highest BCUT2D eigenvalue weighted by Crippen LogP contribution is 2.16. The van der Waals surface area contributed by atoms with Crippen molar-refractivity contribution in [2.45, 2.75) is 6.42 Å². The van der Waals surface area contributed by atoms with Gasteiger partial charge in [-0.05, 0) is 17.7 Å². The summed E-state index contributed by atoms with van der Waals surface area (Å²) in [6.45, 7) is 0. The van der Waals surface area contributed by atoms with E-state index in [0.29, 0.717) is 17.8 Å². The third kappa shape index (κ3) is 3.73. The Kier molecular flexibility index (Phi) is 4.79. The lowest BCUT2D eigenvalue weighted by atomic mass is 10.1. The summed E-state index contributed by atoms with van der Waals surface area (Å²) >= 11 is 0. The van der Waals surface area contributed by atoms with Gasteiger partial charge in [0.2, 0.25) is 5.82 Å². The Morgan fingerprint density at radius 1 is 1.14 bits per heavy atom. The van der Waals surface area contributed by atoms with Crippen LogP contribution in [0.2, 0.25) is 0 Å². The van der Waals surface area contributed by atoms with Crippen LogP contribution in [0.3, 0.4) is 0 Å². The van der Waals surface area contributed by atoms with Crippen molar-refractivity contribution < 1.29 is 9.32 Å². The van der Waals surface area contributed by atoms with Crippen LogP contribution in [0.4, 0.5) is 6.01 Å². The van der Waals surface area contributed by atoms with Crippen LogP contribution < -0.4 is 10.9 Å². The van der Waals surface area contributed by atoms with Gasteiger partial charge in [0.1, 0.15) is 0 Å². The summed E-state index contributed by atoms with van der Waals surface area (Å²) in [5.41, 5.74) is 8.32. The quantitative estimate of drug-likeness (QED) is 0.497. The highest BCUT2D eigenvalue weighted by atomic mass is 16.5. The molecule has 0 aliphatic carbocycles. The van der Waals surface area contributed by atoms with Crippen molar-refractivity contribution in [3.8, 4) is 11.4 Å². The maximum atomic E-state index is 12.6. The molecule has 3 aromatic heterocycles. The molecule has 9 nitrogen and oxygen atoms in total. The number of aryl methyl sites for hydroxylation is 1. The molecule has 0 fully saturated rings. The molecule has 0 saturated heterocycles. The summed E-state index contributed by atoms with van der Waals surface area (Å²) in [5, 5.41) is 8.07. The van der Waals surface area contributed by atoms with Gasteiger partial charge in [0, 0.05) is 31.4 Å². The lowest BCUT2D eigenvalue weighted by Gasteiger charge is -2.07. The number of hydrogen-bond acceptors (Lipinski definition) is 7. The molecule has 9 heteroatoms. The van der Waals surface area contributed by atoms with Crippen LogP contribution in [0.5, 0.6) is 0 Å². The van der Waals surface area contributed by atoms with Crippen LogP contribution in [0, 0.1) is 0 Å². The second-order valence-electron chi connectivity index (χ2n) is 6.03. The number of hydrazine groups is 1. The van der Waals surface area contributed by atoms with Crippen LogP contribution in [-0.4, -0.2) is 30.8 Å². The Balaban J connectivity index is 1.44. The lowest BCUT2D eigenvalue weighted by Crippen LogP contribution is -2.30. The maximum absolute atomic E-state index is 12.6. The van der Waals surface area contributed by atoms with E-state index >= 15 is 0 Å². The lowest BCUT2D eigenvalue weighted by molar-refractivity contribution is 0.0960. The van der Waals surface area contributed by atoms with E-state index in [2.05, 4.69) is 31.1 Å². The monoisotopic (exact) mass is 375 g/mol. The number of amides is 1. The number of nitrogens with one attached hydrogen (secondary N) is 2. The van der Waals surface area contributed by atoms with E-state index in [1.807, 2.05) is 37.4 Å². The zero-order valence-corrected chi connectivity index (χ0v) is 15.0. The smallest absolute Gasteiger partial charge is 0.313 e. The van der Waals surface area contributed by atoms with Crippen LogP contribution >= 0.6 is 0 Å². The van der Waals surface area contributed by atoms with E-state index in [1.165, 1.54) is 6.20 Å². The van der Waals surface area contributed by atoms with E-state index in [0.717, 1.165) is 16.8 Å². The summed E-state index contributed by atoms with van der Waals surface area (Å²) < 4.78 is 6.80. The van der Waals surface area contributed by atoms with Crippen molar-refractivity contribution in [1.29, 1.82) is 0 Å². The third-order valence-electron chi connectivity index (χ3n) is 4.17. The van der Waals surface area contributed by atoms with E-state index in [9.17, 15) is 4.79 Å². The van der Waals surface area contributed by atoms with Crippen LogP contribution in [0.15, 0.2) is 65.6 Å². The molecule has 4 rings (SSSR count). The zero-order chi connectivity index (χ0) is 19.3. The maximum Gasteiger partial charge on any atom is 0.340 e. The van der Waals surface area contributed by atoms with Gasteiger partial charge in [-0.15, -0.1) is 0 Å². The van der Waals surface area contributed by atoms with Crippen molar-refractivity contribution in [3.63, 3.8) is 0 Å². The van der Waals surface area contributed by atoms with Crippen LogP contribution in [0.1, 0.15) is 21.6 Å². The van der Waals surface area contributed by atoms with Gasteiger partial charge in [0.05, 0.1) is 17.5 Å². The van der Waals surface area contributed by atoms with Crippen molar-refractivity contribution >= 4 is 11.9 Å². The first-order valence-electron chi connectivity index (χ1n) is 8.56. The fourth-order valence-corrected chi connectivity index (χ4v) is 2.72. The third-order valence-corrected chi connectivity index (χ3v) is 4.17. The second-order valence-corrected chi connectivity index (χ2v) is 6.03. The molecule has 140 valence electrons. The van der Waals surface area contributed by atoms with E-state index in [-0.39, 0.29) is 11.9 Å². The molecule has 0 unspecified atom stereocenters. The minimum atomic E-state index is -0.345. The zero-order valence-electron chi connectivity index (χ0n) is 15.0. The average molecular weight is 375 g/mol. The number of pyridine rings is 1. The van der Waals surface area contributed by atoms with E-state index in [1.54, 1.807) is 29.2 Å². The van der Waals surface area contributed by atoms with Crippen molar-refractivity contribution in [2.24, 2.45) is 7.05 Å². The molecule has 1 amide bonds. The Labute approximate surface area is 160 Å². The number of carbonyl (C=O) groups excluding carboxylic acids is 1. The largest absolute Gasteiger partial charge is 0.340 e. The Hall–Kier alpha value is -4.01. The molecule has 0 atom stereocenters. The Bertz CT molecular complexity index is 1070. The number of nitrogens with zero attached hydrogens (tertiary/aromatic N) is 5. The van der Waals surface area contributed by atoms with Crippen molar-refractivity contribution in [1.82, 2.24) is 30.3 Å². The number of aromatic nitrogens is 5. The van der Waals surface area contributed by atoms with Gasteiger partial charge in [0.15, 0.2) is 0 Å². The van der Waals surface area contributed by atoms with Crippen molar-refractivity contribution in [3.05, 3.63) is 77.9 Å². The predicted molar refractivity (Wildman–Crippen MR) is 101 cm³/mol. The second kappa shape index (κ2) is 7.70. The molecule has 1 aromatic carbocycles. The number of hydrogen-bond donors (Lipinski definition) is 2. The number of carbonyl (C=O) groups is 1. The van der Waals surface area contributed by atoms with Gasteiger partial charge in [-0.2, -0.15) is 10.1 Å². The van der Waals surface area contributed by atoms with Gasteiger partial charge in [-0.25, -0.2) is 5.43 Å². The first kappa shape index (κ1) is 17.4. The SMILES string of the molecule is Cn1ncc(C(=O)NNc2nc(-c3ccncc3)no2)c1Cc1ccccc1. The minimum absolute atomic E-state index is 0.0775. The Morgan fingerprint density at radius 3 is 2.71 bits per heavy atom. The minimum Gasteiger partial charge on any atom is -0.313 e. The number of benzene rings is 1. The molecule has 2 N–H and O–H groups in total. The van der Waals surface area contributed by atoms with Crippen molar-refractivity contribution in [2.75, 3.05) is 5.43 Å². The molecule has 0 bridgehead atoms. The highest BCUT2D eigenvalue weighted by molar-refractivity contribution is 5.95. The molecular weight excluding hydrogens is 358 g/mol. The first-order valence-corrected chi connectivity index (χ1v) is 8.56. The average Bonchev–Trinajstić information content (AvgIpc) is 3.35. The fraction of sp³-hybridized carbons (Fsp3) is 0.105. The van der Waals surface area contributed by atoms with Crippen LogP contribution in [-0.2, 0) is 13.5 Å². The van der Waals surface area contributed by atoms with Gasteiger partial charge < -0.3 is 4.52 Å². The van der Waals surface area contributed by atoms with Gasteiger partial charge in [-0.1, -0.05) is 35.5 Å². The molecule has 28 heavy (non-hydrogen) atoms. The van der Waals surface area contributed by atoms with Gasteiger partial charge >= 0.3 is 6.01 Å². The molecule has 4 aromatic rings. The molecule has 0 saturated carbocycles. The van der Waals surface area contributed by atoms with Gasteiger partial charge in [0.25, 0.3) is 5.91 Å². The summed E-state index contributed by atoms with van der Waals surface area (Å²) in [7, 11) is 1.81. The molecule has 0 radical (unpaired) electrons. The highest BCUT2D eigenvalue weighted by Gasteiger charge is 2.17. The van der Waals surface area contributed by atoms with E-state index in [4.69, 9.17) is 4.52 Å². The fourth-order valence-electron chi connectivity index (χ4n) is 2.72. The normalized spacial score (nSPS) is 10.6. The molecular formula is C19H17N7O2. The molecule has 0 aliphatic heterocycles. The number of anilines is 1. The summed E-state index contributed by atoms with van der Waals surface area (Å²) in [6, 6.07) is 13.5. The molecule has 0 spiro atoms. The predicted octanol–water partition coefficient (Wildman–Crippen LogP) is 2.21. The van der Waals surface area contributed by atoms with Crippen LogP contribution in [0.25, 0.3) is 11.4 Å². The first-order chi connectivity index (χ1) is 13.7. The summed E-state index contributed by atoms with van der Waals surface area (Å²) in [6.07, 6.45) is 5.40. The molecule has 3 heterocycles. The summed E-state index contributed by atoms with van der Waals surface area (Å²) in [4.78, 5) is 20.7. The van der Waals surface area contributed by atoms with Gasteiger partial charge in [-0.3, -0.25) is 19.9 Å². The summed E-state index contributed by atoms with van der Waals surface area (Å²) in [5.74, 6) is 0.0491. The molecule has 0 aliphatic rings. The topological polar surface area (TPSA) is 111 Å².